The highest BCUT2D eigenvalue weighted by Crippen LogP contribution is 2.41. The molecule has 21 heavy (non-hydrogen) atoms. The first-order chi connectivity index (χ1) is 10.3. The Bertz CT molecular complexity index is 540. The van der Waals surface area contributed by atoms with Gasteiger partial charge in [0.1, 0.15) is 0 Å². The van der Waals surface area contributed by atoms with Gasteiger partial charge in [-0.3, -0.25) is 0 Å². The Morgan fingerprint density at radius 1 is 1.14 bits per heavy atom. The van der Waals surface area contributed by atoms with Crippen molar-refractivity contribution in [2.45, 2.75) is 43.7 Å². The highest BCUT2D eigenvalue weighted by Gasteiger charge is 2.40. The number of hydrogen-bond acceptors (Lipinski definition) is 3. The van der Waals surface area contributed by atoms with Crippen molar-refractivity contribution in [3.8, 4) is 0 Å². The topological polar surface area (TPSA) is 32.3 Å². The summed E-state index contributed by atoms with van der Waals surface area (Å²) in [5.41, 5.74) is 1.17. The molecule has 0 spiro atoms. The Kier molecular flexibility index (Phi) is 4.73. The summed E-state index contributed by atoms with van der Waals surface area (Å²) in [5, 5.41) is 15.9. The molecule has 1 aromatic carbocycles. The van der Waals surface area contributed by atoms with Gasteiger partial charge >= 0.3 is 0 Å². The molecule has 3 rings (SSSR count). The maximum Gasteiger partial charge on any atom is 0.0619 e. The number of aliphatic hydroxyl groups excluding tert-OH is 1. The second-order valence-corrected chi connectivity index (χ2v) is 6.99. The van der Waals surface area contributed by atoms with Gasteiger partial charge in [0.05, 0.1) is 6.61 Å². The number of rotatable bonds is 5. The van der Waals surface area contributed by atoms with Gasteiger partial charge in [-0.1, -0.05) is 49.2 Å². The molecule has 112 valence electrons. The summed E-state index contributed by atoms with van der Waals surface area (Å²) in [6.07, 6.45) is 4.65. The van der Waals surface area contributed by atoms with Crippen LogP contribution in [0.3, 0.4) is 0 Å². The van der Waals surface area contributed by atoms with Crippen LogP contribution < -0.4 is 5.32 Å². The molecule has 1 saturated carbocycles. The van der Waals surface area contributed by atoms with Gasteiger partial charge in [-0.25, -0.2) is 0 Å². The van der Waals surface area contributed by atoms with Gasteiger partial charge < -0.3 is 10.4 Å². The van der Waals surface area contributed by atoms with E-state index in [2.05, 4.69) is 53.2 Å². The third-order valence-electron chi connectivity index (χ3n) is 4.71. The molecule has 1 aromatic heterocycles. The number of benzene rings is 1. The fourth-order valence-corrected chi connectivity index (χ4v) is 4.19. The van der Waals surface area contributed by atoms with Crippen LogP contribution >= 0.6 is 11.3 Å². The van der Waals surface area contributed by atoms with Gasteiger partial charge in [-0.15, -0.1) is 11.3 Å². The maximum atomic E-state index is 10.1. The van der Waals surface area contributed by atoms with Crippen LogP contribution in [0, 0.1) is 0 Å². The second kappa shape index (κ2) is 6.73. The molecule has 2 aromatic rings. The maximum absolute atomic E-state index is 10.1. The molecule has 0 radical (unpaired) electrons. The van der Waals surface area contributed by atoms with E-state index in [9.17, 15) is 5.11 Å². The highest BCUT2D eigenvalue weighted by atomic mass is 32.1. The lowest BCUT2D eigenvalue weighted by Gasteiger charge is -2.44. The minimum absolute atomic E-state index is 0.177. The molecular weight excluding hydrogens is 278 g/mol. The van der Waals surface area contributed by atoms with Crippen LogP contribution in [0.4, 0.5) is 0 Å². The predicted octanol–water partition coefficient (Wildman–Crippen LogP) is 3.93. The molecule has 0 saturated heterocycles. The summed E-state index contributed by atoms with van der Waals surface area (Å²) in [7, 11) is 0. The van der Waals surface area contributed by atoms with Crippen molar-refractivity contribution in [3.63, 3.8) is 0 Å². The lowest BCUT2D eigenvalue weighted by atomic mass is 9.70. The molecule has 2 N–H and O–H groups in total. The summed E-state index contributed by atoms with van der Waals surface area (Å²) in [5.74, 6) is 0.400. The van der Waals surface area contributed by atoms with Crippen molar-refractivity contribution in [1.82, 2.24) is 5.32 Å². The zero-order valence-electron chi connectivity index (χ0n) is 12.3. The molecular formula is C18H23NOS. The molecule has 2 unspecified atom stereocenters. The van der Waals surface area contributed by atoms with Gasteiger partial charge in [0.15, 0.2) is 0 Å². The van der Waals surface area contributed by atoms with Crippen LogP contribution in [-0.4, -0.2) is 17.3 Å². The van der Waals surface area contributed by atoms with Crippen molar-refractivity contribution >= 4 is 11.3 Å². The third kappa shape index (κ3) is 3.20. The van der Waals surface area contributed by atoms with Gasteiger partial charge in [0.25, 0.3) is 0 Å². The van der Waals surface area contributed by atoms with Crippen LogP contribution in [0.5, 0.6) is 0 Å². The van der Waals surface area contributed by atoms with Crippen molar-refractivity contribution in [2.24, 2.45) is 0 Å². The molecule has 0 amide bonds. The smallest absolute Gasteiger partial charge is 0.0619 e. The summed E-state index contributed by atoms with van der Waals surface area (Å²) in [4.78, 5) is 1.33. The second-order valence-electron chi connectivity index (χ2n) is 5.96. The van der Waals surface area contributed by atoms with Crippen molar-refractivity contribution < 1.29 is 5.11 Å². The molecule has 1 aliphatic carbocycles. The fraction of sp³-hybridized carbons (Fsp3) is 0.444. The summed E-state index contributed by atoms with van der Waals surface area (Å²) in [6.45, 7) is 1.06. The van der Waals surface area contributed by atoms with E-state index in [1.807, 2.05) is 0 Å². The lowest BCUT2D eigenvalue weighted by Crippen LogP contribution is -2.54. The van der Waals surface area contributed by atoms with Crippen molar-refractivity contribution in [2.75, 3.05) is 6.61 Å². The summed E-state index contributed by atoms with van der Waals surface area (Å²) >= 11 is 1.77. The Balaban J connectivity index is 1.82. The molecule has 1 aliphatic rings. The van der Waals surface area contributed by atoms with E-state index < -0.39 is 0 Å². The number of aliphatic hydroxyl groups is 1. The minimum Gasteiger partial charge on any atom is -0.394 e. The first kappa shape index (κ1) is 14.8. The standard InChI is InChI=1S/C18H23NOS/c20-14-18(19-13-16-9-6-12-21-16)11-5-4-10-17(18)15-7-2-1-3-8-15/h1-3,6-9,12,17,19-20H,4-5,10-11,13-14H2. The van der Waals surface area contributed by atoms with Crippen LogP contribution in [0.15, 0.2) is 47.8 Å². The Hall–Kier alpha value is -1.16. The van der Waals surface area contributed by atoms with Gasteiger partial charge in [0.2, 0.25) is 0 Å². The summed E-state index contributed by atoms with van der Waals surface area (Å²) < 4.78 is 0. The van der Waals surface area contributed by atoms with Gasteiger partial charge in [0, 0.05) is 22.9 Å². The first-order valence-electron chi connectivity index (χ1n) is 7.77. The van der Waals surface area contributed by atoms with Crippen LogP contribution in [0.2, 0.25) is 0 Å². The van der Waals surface area contributed by atoms with Crippen LogP contribution in [0.1, 0.15) is 42.0 Å². The Morgan fingerprint density at radius 3 is 2.71 bits per heavy atom. The molecule has 0 bridgehead atoms. The third-order valence-corrected chi connectivity index (χ3v) is 5.59. The molecule has 1 heterocycles. The molecule has 0 aliphatic heterocycles. The van der Waals surface area contributed by atoms with E-state index >= 15 is 0 Å². The van der Waals surface area contributed by atoms with E-state index in [4.69, 9.17) is 0 Å². The predicted molar refractivity (Wildman–Crippen MR) is 88.6 cm³/mol. The monoisotopic (exact) mass is 301 g/mol. The average Bonchev–Trinajstić information content (AvgIpc) is 3.07. The molecule has 2 nitrogen and oxygen atoms in total. The van der Waals surface area contributed by atoms with E-state index in [0.717, 1.165) is 19.4 Å². The van der Waals surface area contributed by atoms with Crippen LogP contribution in [0.25, 0.3) is 0 Å². The minimum atomic E-state index is -0.177. The molecule has 3 heteroatoms. The van der Waals surface area contributed by atoms with Crippen LogP contribution in [-0.2, 0) is 6.54 Å². The SMILES string of the molecule is OCC1(NCc2cccs2)CCCCC1c1ccccc1. The fourth-order valence-electron chi connectivity index (χ4n) is 3.54. The van der Waals surface area contributed by atoms with Gasteiger partial charge in [-0.05, 0) is 29.9 Å². The Morgan fingerprint density at radius 2 is 2.00 bits per heavy atom. The zero-order chi connectivity index (χ0) is 14.5. The van der Waals surface area contributed by atoms with E-state index in [-0.39, 0.29) is 12.1 Å². The lowest BCUT2D eigenvalue weighted by molar-refractivity contribution is 0.0981. The number of nitrogens with one attached hydrogen (secondary N) is 1. The zero-order valence-corrected chi connectivity index (χ0v) is 13.1. The molecule has 2 atom stereocenters. The Labute approximate surface area is 130 Å². The highest BCUT2D eigenvalue weighted by molar-refractivity contribution is 7.09. The normalized spacial score (nSPS) is 25.9. The largest absolute Gasteiger partial charge is 0.394 e. The first-order valence-corrected chi connectivity index (χ1v) is 8.65. The van der Waals surface area contributed by atoms with Crippen molar-refractivity contribution in [1.29, 1.82) is 0 Å². The number of hydrogen-bond donors (Lipinski definition) is 2. The average molecular weight is 301 g/mol. The van der Waals surface area contributed by atoms with E-state index in [0.29, 0.717) is 5.92 Å². The quantitative estimate of drug-likeness (QED) is 0.877. The van der Waals surface area contributed by atoms with E-state index in [1.165, 1.54) is 23.3 Å². The molecule has 1 fully saturated rings. The summed E-state index contributed by atoms with van der Waals surface area (Å²) in [6, 6.07) is 14.9. The van der Waals surface area contributed by atoms with E-state index in [1.54, 1.807) is 11.3 Å². The number of thiophene rings is 1. The van der Waals surface area contributed by atoms with Gasteiger partial charge in [-0.2, -0.15) is 0 Å². The van der Waals surface area contributed by atoms with Crippen molar-refractivity contribution in [3.05, 3.63) is 58.3 Å².